The zero-order chi connectivity index (χ0) is 10.4. The number of carbonyl (C=O) groups is 1. The van der Waals surface area contributed by atoms with Gasteiger partial charge in [-0.2, -0.15) is 0 Å². The van der Waals surface area contributed by atoms with Crippen LogP contribution in [-0.2, 0) is 9.59 Å². The molecule has 3 nitrogen and oxygen atoms in total. The van der Waals surface area contributed by atoms with Crippen molar-refractivity contribution in [2.75, 3.05) is 6.54 Å². The van der Waals surface area contributed by atoms with Gasteiger partial charge in [0.25, 0.3) is 0 Å². The van der Waals surface area contributed by atoms with E-state index >= 15 is 0 Å². The lowest BCUT2D eigenvalue weighted by atomic mass is 10.0. The Kier molecular flexibility index (Phi) is 3.85. The van der Waals surface area contributed by atoms with Gasteiger partial charge in [-0.25, -0.2) is 0 Å². The fourth-order valence-electron chi connectivity index (χ4n) is 1.16. The van der Waals surface area contributed by atoms with Crippen molar-refractivity contribution in [3.8, 4) is 0 Å². The van der Waals surface area contributed by atoms with Crippen LogP contribution in [0, 0.1) is 0 Å². The van der Waals surface area contributed by atoms with E-state index in [1.54, 1.807) is 0 Å². The Bertz CT molecular complexity index is 308. The molecule has 0 spiro atoms. The van der Waals surface area contributed by atoms with Gasteiger partial charge in [0.1, 0.15) is 0 Å². The third kappa shape index (κ3) is 3.01. The third-order valence-electron chi connectivity index (χ3n) is 1.90. The topological polar surface area (TPSA) is 46.2 Å². The van der Waals surface area contributed by atoms with Crippen molar-refractivity contribution in [3.63, 3.8) is 0 Å². The summed E-state index contributed by atoms with van der Waals surface area (Å²) in [7, 11) is 0. The highest BCUT2D eigenvalue weighted by Crippen LogP contribution is 2.11. The molecule has 0 aliphatic carbocycles. The molecule has 0 aromatic heterocycles. The van der Waals surface area contributed by atoms with E-state index < -0.39 is 0 Å². The Morgan fingerprint density at radius 1 is 1.43 bits per heavy atom. The summed E-state index contributed by atoms with van der Waals surface area (Å²) < 4.78 is 0. The number of nitrogens with one attached hydrogen (secondary N) is 1. The number of benzene rings is 1. The first-order valence-electron chi connectivity index (χ1n) is 4.41. The Balaban J connectivity index is 2.63. The lowest BCUT2D eigenvalue weighted by molar-refractivity contribution is -0.118. The van der Waals surface area contributed by atoms with Gasteiger partial charge in [-0.05, 0) is 5.56 Å². The minimum absolute atomic E-state index is 0.138. The number of carbonyl (C=O) groups excluding carboxylic acids is 2. The second-order valence-corrected chi connectivity index (χ2v) is 3.02. The van der Waals surface area contributed by atoms with Gasteiger partial charge in [-0.1, -0.05) is 30.3 Å². The van der Waals surface area contributed by atoms with Gasteiger partial charge in [0.15, 0.2) is 0 Å². The zero-order valence-corrected chi connectivity index (χ0v) is 7.99. The molecule has 0 saturated heterocycles. The van der Waals surface area contributed by atoms with Gasteiger partial charge in [0.2, 0.25) is 12.2 Å². The minimum atomic E-state index is -0.375. The van der Waals surface area contributed by atoms with Crippen LogP contribution < -0.4 is 5.32 Å². The fraction of sp³-hybridized carbons (Fsp3) is 0.273. The summed E-state index contributed by atoms with van der Waals surface area (Å²) in [5.41, 5.74) is 0.872. The Morgan fingerprint density at radius 2 is 2.07 bits per heavy atom. The molecular weight excluding hydrogens is 178 g/mol. The highest BCUT2D eigenvalue weighted by molar-refractivity contribution is 5.74. The summed E-state index contributed by atoms with van der Waals surface area (Å²) in [6, 6.07) is 9.28. The predicted octanol–water partition coefficient (Wildman–Crippen LogP) is 1.02. The lowest BCUT2D eigenvalue weighted by Crippen LogP contribution is -2.26. The van der Waals surface area contributed by atoms with Gasteiger partial charge in [-0.3, -0.25) is 9.59 Å². The average molecular weight is 190 g/mol. The Morgan fingerprint density at radius 3 is 2.57 bits per heavy atom. The standard InChI is InChI=1S/C11H12NO2/c1-9(14)12-7-11(8-13)10-5-3-2-4-6-10/h2-6,11H,7H2,1H3,(H,12,14). The molecule has 0 saturated carbocycles. The van der Waals surface area contributed by atoms with E-state index in [4.69, 9.17) is 0 Å². The van der Waals surface area contributed by atoms with Gasteiger partial charge in [0, 0.05) is 13.5 Å². The molecule has 1 amide bonds. The van der Waals surface area contributed by atoms with Crippen LogP contribution in [0.1, 0.15) is 18.4 Å². The van der Waals surface area contributed by atoms with E-state index in [1.165, 1.54) is 6.92 Å². The van der Waals surface area contributed by atoms with Gasteiger partial charge in [0.05, 0.1) is 5.92 Å². The Labute approximate surface area is 83.1 Å². The van der Waals surface area contributed by atoms with Crippen molar-refractivity contribution < 1.29 is 9.59 Å². The van der Waals surface area contributed by atoms with Crippen molar-refractivity contribution >= 4 is 12.2 Å². The summed E-state index contributed by atoms with van der Waals surface area (Å²) in [6.45, 7) is 1.73. The molecule has 1 aromatic rings. The van der Waals surface area contributed by atoms with Crippen molar-refractivity contribution in [1.82, 2.24) is 5.32 Å². The maximum Gasteiger partial charge on any atom is 0.216 e. The summed E-state index contributed by atoms with van der Waals surface area (Å²) >= 11 is 0. The van der Waals surface area contributed by atoms with Gasteiger partial charge in [-0.15, -0.1) is 0 Å². The van der Waals surface area contributed by atoms with E-state index in [2.05, 4.69) is 5.32 Å². The van der Waals surface area contributed by atoms with Crippen LogP contribution in [-0.4, -0.2) is 18.7 Å². The molecule has 1 aromatic carbocycles. The normalized spacial score (nSPS) is 11.8. The number of hydrogen-bond acceptors (Lipinski definition) is 2. The fourth-order valence-corrected chi connectivity index (χ4v) is 1.16. The van der Waals surface area contributed by atoms with Crippen molar-refractivity contribution in [1.29, 1.82) is 0 Å². The molecule has 1 atom stereocenters. The number of rotatable bonds is 4. The van der Waals surface area contributed by atoms with Gasteiger partial charge < -0.3 is 5.32 Å². The monoisotopic (exact) mass is 190 g/mol. The molecule has 1 rings (SSSR count). The van der Waals surface area contributed by atoms with Crippen LogP contribution in [0.15, 0.2) is 30.3 Å². The highest BCUT2D eigenvalue weighted by Gasteiger charge is 2.10. The molecule has 1 unspecified atom stereocenters. The molecule has 1 N–H and O–H groups in total. The molecule has 3 heteroatoms. The molecule has 0 aliphatic heterocycles. The maximum absolute atomic E-state index is 10.7. The van der Waals surface area contributed by atoms with Crippen molar-refractivity contribution in [2.24, 2.45) is 0 Å². The first-order chi connectivity index (χ1) is 6.74. The summed E-state index contributed by atoms with van der Waals surface area (Å²) in [4.78, 5) is 21.3. The summed E-state index contributed by atoms with van der Waals surface area (Å²) in [5.74, 6) is -0.513. The minimum Gasteiger partial charge on any atom is -0.355 e. The quantitative estimate of drug-likeness (QED) is 0.770. The molecule has 0 bridgehead atoms. The van der Waals surface area contributed by atoms with E-state index in [-0.39, 0.29) is 11.8 Å². The first-order valence-corrected chi connectivity index (χ1v) is 4.41. The van der Waals surface area contributed by atoms with E-state index in [0.29, 0.717) is 6.54 Å². The van der Waals surface area contributed by atoms with Crippen molar-refractivity contribution in [2.45, 2.75) is 12.8 Å². The maximum atomic E-state index is 10.7. The molecule has 0 heterocycles. The predicted molar refractivity (Wildman–Crippen MR) is 53.6 cm³/mol. The molecule has 0 fully saturated rings. The van der Waals surface area contributed by atoms with Crippen LogP contribution in [0.4, 0.5) is 0 Å². The second-order valence-electron chi connectivity index (χ2n) is 3.02. The molecule has 1 radical (unpaired) electrons. The third-order valence-corrected chi connectivity index (χ3v) is 1.90. The zero-order valence-electron chi connectivity index (χ0n) is 7.99. The summed E-state index contributed by atoms with van der Waals surface area (Å²) in [5, 5.41) is 2.59. The highest BCUT2D eigenvalue weighted by atomic mass is 16.1. The van der Waals surface area contributed by atoms with E-state index in [1.807, 2.05) is 36.6 Å². The number of hydrogen-bond donors (Lipinski definition) is 1. The molecule has 0 aliphatic rings. The molecular formula is C11H12NO2. The van der Waals surface area contributed by atoms with Gasteiger partial charge >= 0.3 is 0 Å². The lowest BCUT2D eigenvalue weighted by Gasteiger charge is -2.09. The van der Waals surface area contributed by atoms with Crippen LogP contribution in [0.3, 0.4) is 0 Å². The van der Waals surface area contributed by atoms with E-state index in [9.17, 15) is 9.59 Å². The van der Waals surface area contributed by atoms with Crippen LogP contribution >= 0.6 is 0 Å². The largest absolute Gasteiger partial charge is 0.355 e. The molecule has 14 heavy (non-hydrogen) atoms. The van der Waals surface area contributed by atoms with Crippen molar-refractivity contribution in [3.05, 3.63) is 35.9 Å². The van der Waals surface area contributed by atoms with Crippen LogP contribution in [0.25, 0.3) is 0 Å². The van der Waals surface area contributed by atoms with Crippen LogP contribution in [0.2, 0.25) is 0 Å². The summed E-state index contributed by atoms with van der Waals surface area (Å²) in [6.07, 6.45) is 1.91. The second kappa shape index (κ2) is 5.17. The average Bonchev–Trinajstić information content (AvgIpc) is 2.20. The smallest absolute Gasteiger partial charge is 0.216 e. The first kappa shape index (κ1) is 10.4. The SMILES string of the molecule is CC(=O)NCC([C]=O)c1ccccc1. The number of amides is 1. The van der Waals surface area contributed by atoms with E-state index in [0.717, 1.165) is 5.56 Å². The molecule has 73 valence electrons. The Hall–Kier alpha value is -1.64. The van der Waals surface area contributed by atoms with Crippen LogP contribution in [0.5, 0.6) is 0 Å².